The molecule has 3 saturated heterocycles. The smallest absolute Gasteiger partial charge is 0.242 e. The highest BCUT2D eigenvalue weighted by Crippen LogP contribution is 2.30. The Morgan fingerprint density at radius 3 is 2.64 bits per heavy atom. The maximum Gasteiger partial charge on any atom is 0.242 e. The van der Waals surface area contributed by atoms with E-state index in [0.29, 0.717) is 6.54 Å². The SMILES string of the molecule is COc1ccccc1C1NC2CNNC(=O)C2C(Nc2ccc(CN3CCNCC3)cc2)N1. The molecule has 4 unspecified atom stereocenters. The second-order valence-electron chi connectivity index (χ2n) is 8.86. The fourth-order valence-corrected chi connectivity index (χ4v) is 4.96. The second-order valence-corrected chi connectivity index (χ2v) is 8.86. The van der Waals surface area contributed by atoms with Gasteiger partial charge in [-0.15, -0.1) is 0 Å². The van der Waals surface area contributed by atoms with Crippen LogP contribution in [0.4, 0.5) is 5.69 Å². The zero-order valence-corrected chi connectivity index (χ0v) is 18.9. The van der Waals surface area contributed by atoms with Crippen molar-refractivity contribution >= 4 is 11.6 Å². The largest absolute Gasteiger partial charge is 0.496 e. The molecule has 5 rings (SSSR count). The van der Waals surface area contributed by atoms with Gasteiger partial charge in [-0.3, -0.25) is 25.8 Å². The van der Waals surface area contributed by atoms with Crippen molar-refractivity contribution in [3.05, 3.63) is 59.7 Å². The number of hydrogen-bond acceptors (Lipinski definition) is 8. The standard InChI is InChI=1S/C24H33N7O2/c1-33-20-5-3-2-4-18(20)22-28-19-14-26-30-24(32)21(19)23(29-22)27-17-8-6-16(7-9-17)15-31-12-10-25-11-13-31/h2-9,19,21-23,25-29H,10-15H2,1H3,(H,30,32). The van der Waals surface area contributed by atoms with Crippen LogP contribution in [0.2, 0.25) is 0 Å². The van der Waals surface area contributed by atoms with Crippen molar-refractivity contribution < 1.29 is 9.53 Å². The molecule has 2 aromatic rings. The van der Waals surface area contributed by atoms with Crippen LogP contribution >= 0.6 is 0 Å². The van der Waals surface area contributed by atoms with Gasteiger partial charge in [-0.2, -0.15) is 0 Å². The molecule has 33 heavy (non-hydrogen) atoms. The summed E-state index contributed by atoms with van der Waals surface area (Å²) < 4.78 is 5.58. The molecule has 3 aliphatic rings. The number of para-hydroxylation sites is 1. The molecule has 0 aromatic heterocycles. The van der Waals surface area contributed by atoms with E-state index in [2.05, 4.69) is 61.3 Å². The quantitative estimate of drug-likeness (QED) is 0.374. The van der Waals surface area contributed by atoms with Crippen molar-refractivity contribution in [2.24, 2.45) is 5.92 Å². The molecule has 4 atom stereocenters. The molecule has 0 radical (unpaired) electrons. The van der Waals surface area contributed by atoms with Gasteiger partial charge in [-0.05, 0) is 23.8 Å². The highest BCUT2D eigenvalue weighted by molar-refractivity contribution is 5.81. The Kier molecular flexibility index (Phi) is 6.75. The van der Waals surface area contributed by atoms with Crippen LogP contribution < -0.4 is 36.9 Å². The van der Waals surface area contributed by atoms with Crippen LogP contribution in [0.25, 0.3) is 0 Å². The first kappa shape index (κ1) is 22.1. The van der Waals surface area contributed by atoms with Gasteiger partial charge in [0.05, 0.1) is 25.4 Å². The van der Waals surface area contributed by atoms with E-state index in [1.807, 2.05) is 24.3 Å². The molecular weight excluding hydrogens is 418 g/mol. The molecule has 3 heterocycles. The first-order valence-corrected chi connectivity index (χ1v) is 11.7. The Morgan fingerprint density at radius 2 is 1.85 bits per heavy atom. The van der Waals surface area contributed by atoms with Gasteiger partial charge < -0.3 is 15.4 Å². The van der Waals surface area contributed by atoms with Crippen LogP contribution in [-0.2, 0) is 11.3 Å². The number of carbonyl (C=O) groups is 1. The number of nitrogens with one attached hydrogen (secondary N) is 6. The Hall–Kier alpha value is -2.69. The first-order valence-electron chi connectivity index (χ1n) is 11.7. The molecule has 3 aliphatic heterocycles. The Morgan fingerprint density at radius 1 is 1.06 bits per heavy atom. The monoisotopic (exact) mass is 451 g/mol. The van der Waals surface area contributed by atoms with Gasteiger partial charge >= 0.3 is 0 Å². The summed E-state index contributed by atoms with van der Waals surface area (Å²) in [5.74, 6) is 0.514. The highest BCUT2D eigenvalue weighted by Gasteiger charge is 2.44. The van der Waals surface area contributed by atoms with Gasteiger partial charge in [-0.25, -0.2) is 5.43 Å². The van der Waals surface area contributed by atoms with Crippen molar-refractivity contribution in [2.75, 3.05) is 45.2 Å². The van der Waals surface area contributed by atoms with E-state index < -0.39 is 0 Å². The van der Waals surface area contributed by atoms with E-state index in [1.54, 1.807) is 7.11 Å². The molecule has 0 bridgehead atoms. The van der Waals surface area contributed by atoms with Gasteiger partial charge in [0.25, 0.3) is 0 Å². The van der Waals surface area contributed by atoms with Crippen molar-refractivity contribution in [3.8, 4) is 5.75 Å². The number of ether oxygens (including phenoxy) is 1. The number of hydrogen-bond donors (Lipinski definition) is 6. The molecule has 0 aliphatic carbocycles. The normalized spacial score (nSPS) is 28.0. The fraction of sp³-hybridized carbons (Fsp3) is 0.458. The van der Waals surface area contributed by atoms with Gasteiger partial charge in [0.15, 0.2) is 0 Å². The van der Waals surface area contributed by atoms with Gasteiger partial charge in [-0.1, -0.05) is 30.3 Å². The summed E-state index contributed by atoms with van der Waals surface area (Å²) in [4.78, 5) is 15.2. The molecule has 1 amide bonds. The van der Waals surface area contributed by atoms with Gasteiger partial charge in [0.2, 0.25) is 5.91 Å². The maximum atomic E-state index is 12.7. The molecule has 176 valence electrons. The molecular formula is C24H33N7O2. The Labute approximate surface area is 194 Å². The molecule has 2 aromatic carbocycles. The van der Waals surface area contributed by atoms with E-state index in [9.17, 15) is 4.79 Å². The van der Waals surface area contributed by atoms with Crippen LogP contribution in [0.3, 0.4) is 0 Å². The number of piperazine rings is 1. The maximum absolute atomic E-state index is 12.7. The van der Waals surface area contributed by atoms with Crippen molar-refractivity contribution in [2.45, 2.75) is 24.9 Å². The molecule has 6 N–H and O–H groups in total. The predicted octanol–water partition coefficient (Wildman–Crippen LogP) is 0.349. The van der Waals surface area contributed by atoms with E-state index in [-0.39, 0.29) is 30.2 Å². The van der Waals surface area contributed by atoms with E-state index in [1.165, 1.54) is 5.56 Å². The van der Waals surface area contributed by atoms with Crippen molar-refractivity contribution in [3.63, 3.8) is 0 Å². The zero-order chi connectivity index (χ0) is 22.6. The van der Waals surface area contributed by atoms with Gasteiger partial charge in [0, 0.05) is 56.6 Å². The van der Waals surface area contributed by atoms with Crippen LogP contribution in [0, 0.1) is 5.92 Å². The van der Waals surface area contributed by atoms with Crippen LogP contribution in [0.5, 0.6) is 5.75 Å². The Bertz CT molecular complexity index is 948. The summed E-state index contributed by atoms with van der Waals surface area (Å²) in [6.45, 7) is 5.86. The molecule has 9 heteroatoms. The van der Waals surface area contributed by atoms with Crippen molar-refractivity contribution in [1.82, 2.24) is 31.7 Å². The van der Waals surface area contributed by atoms with Crippen LogP contribution in [-0.4, -0.2) is 62.8 Å². The third kappa shape index (κ3) is 4.97. The minimum absolute atomic E-state index is 0.0283. The topological polar surface area (TPSA) is 102 Å². The predicted molar refractivity (Wildman–Crippen MR) is 127 cm³/mol. The number of carbonyl (C=O) groups excluding carboxylic acids is 1. The summed E-state index contributed by atoms with van der Waals surface area (Å²) in [6, 6.07) is 16.5. The number of fused-ring (bicyclic) bond motifs is 1. The lowest BCUT2D eigenvalue weighted by Gasteiger charge is -2.46. The summed E-state index contributed by atoms with van der Waals surface area (Å²) in [7, 11) is 1.68. The van der Waals surface area contributed by atoms with Crippen LogP contribution in [0.1, 0.15) is 17.3 Å². The van der Waals surface area contributed by atoms with E-state index >= 15 is 0 Å². The van der Waals surface area contributed by atoms with E-state index in [0.717, 1.165) is 49.7 Å². The Balaban J connectivity index is 1.32. The number of anilines is 1. The lowest BCUT2D eigenvalue weighted by molar-refractivity contribution is -0.131. The summed E-state index contributed by atoms with van der Waals surface area (Å²) in [5, 5.41) is 14.1. The summed E-state index contributed by atoms with van der Waals surface area (Å²) in [6.07, 6.45) is -0.396. The third-order valence-corrected chi connectivity index (χ3v) is 6.70. The van der Waals surface area contributed by atoms with Gasteiger partial charge in [0.1, 0.15) is 5.75 Å². The first-order chi connectivity index (χ1) is 16.2. The number of amides is 1. The summed E-state index contributed by atoms with van der Waals surface area (Å²) in [5.41, 5.74) is 9.09. The number of rotatable bonds is 6. The van der Waals surface area contributed by atoms with Crippen LogP contribution in [0.15, 0.2) is 48.5 Å². The zero-order valence-electron chi connectivity index (χ0n) is 18.9. The molecule has 3 fully saturated rings. The average molecular weight is 452 g/mol. The average Bonchev–Trinajstić information content (AvgIpc) is 2.86. The number of nitrogens with zero attached hydrogens (tertiary/aromatic N) is 1. The molecule has 0 saturated carbocycles. The lowest BCUT2D eigenvalue weighted by Crippen LogP contribution is -2.71. The number of hydrazine groups is 1. The molecule has 9 nitrogen and oxygen atoms in total. The van der Waals surface area contributed by atoms with E-state index in [4.69, 9.17) is 4.74 Å². The number of methoxy groups -OCH3 is 1. The highest BCUT2D eigenvalue weighted by atomic mass is 16.5. The number of benzene rings is 2. The third-order valence-electron chi connectivity index (χ3n) is 6.70. The summed E-state index contributed by atoms with van der Waals surface area (Å²) >= 11 is 0. The lowest BCUT2D eigenvalue weighted by atomic mass is 9.89. The minimum Gasteiger partial charge on any atom is -0.496 e. The minimum atomic E-state index is -0.266. The van der Waals surface area contributed by atoms with Crippen molar-refractivity contribution in [1.29, 1.82) is 0 Å². The molecule has 0 spiro atoms. The fourth-order valence-electron chi connectivity index (χ4n) is 4.96. The second kappa shape index (κ2) is 10.1.